The van der Waals surface area contributed by atoms with Crippen molar-refractivity contribution < 1.29 is 14.0 Å². The smallest absolute Gasteiger partial charge is 0.163 e. The molecule has 31 heavy (non-hydrogen) atoms. The molecule has 0 atom stereocenters. The van der Waals surface area contributed by atoms with Crippen molar-refractivity contribution in [1.29, 1.82) is 0 Å². The molecule has 0 aliphatic carbocycles. The molecule has 0 unspecified atom stereocenters. The molecule has 1 N–H and O–H groups in total. The van der Waals surface area contributed by atoms with Crippen LogP contribution in [0.1, 0.15) is 23.8 Å². The van der Waals surface area contributed by atoms with Crippen LogP contribution in [0, 0.1) is 6.92 Å². The van der Waals surface area contributed by atoms with Crippen molar-refractivity contribution in [3.05, 3.63) is 77.7 Å². The zero-order chi connectivity index (χ0) is 21.2. The minimum absolute atomic E-state index is 0.403. The van der Waals surface area contributed by atoms with Crippen LogP contribution in [0.4, 0.5) is 0 Å². The number of nitrogens with one attached hydrogen (secondary N) is 1. The number of nitrogens with zero attached hydrogens (tertiary/aromatic N) is 2. The Labute approximate surface area is 179 Å². The lowest BCUT2D eigenvalue weighted by atomic mass is 10.0. The molecule has 3 aromatic heterocycles. The number of hydrogen-bond acceptors (Lipinski definition) is 5. The first-order valence-corrected chi connectivity index (χ1v) is 10.3. The van der Waals surface area contributed by atoms with Crippen LogP contribution in [-0.2, 0) is 18.0 Å². The molecule has 0 saturated heterocycles. The van der Waals surface area contributed by atoms with Crippen molar-refractivity contribution in [2.45, 2.75) is 27.1 Å². The molecule has 0 bridgehead atoms. The number of hydrogen-bond donors (Lipinski definition) is 1. The lowest BCUT2D eigenvalue weighted by Gasteiger charge is -2.07. The van der Waals surface area contributed by atoms with Gasteiger partial charge in [0, 0.05) is 29.0 Å². The third-order valence-electron chi connectivity index (χ3n) is 5.35. The van der Waals surface area contributed by atoms with Crippen LogP contribution < -0.4 is 4.74 Å². The van der Waals surface area contributed by atoms with E-state index in [4.69, 9.17) is 14.0 Å². The Kier molecular flexibility index (Phi) is 5.14. The quantitative estimate of drug-likeness (QED) is 0.365. The van der Waals surface area contributed by atoms with Gasteiger partial charge in [0.25, 0.3) is 0 Å². The van der Waals surface area contributed by atoms with Crippen molar-refractivity contribution in [3.63, 3.8) is 0 Å². The van der Waals surface area contributed by atoms with Gasteiger partial charge in [-0.15, -0.1) is 0 Å². The Balaban J connectivity index is 1.51. The van der Waals surface area contributed by atoms with Crippen LogP contribution in [0.2, 0.25) is 0 Å². The molecule has 5 rings (SSSR count). The average Bonchev–Trinajstić information content (AvgIpc) is 3.41. The minimum atomic E-state index is 0.403. The molecule has 5 aromatic rings. The highest BCUT2D eigenvalue weighted by atomic mass is 16.5. The van der Waals surface area contributed by atoms with Crippen LogP contribution in [0.25, 0.3) is 33.2 Å². The van der Waals surface area contributed by atoms with E-state index in [0.29, 0.717) is 31.3 Å². The first-order chi connectivity index (χ1) is 15.2. The Morgan fingerprint density at radius 1 is 1.00 bits per heavy atom. The Bertz CT molecular complexity index is 1340. The fourth-order valence-electron chi connectivity index (χ4n) is 3.82. The molecule has 0 aliphatic rings. The molecule has 0 fully saturated rings. The van der Waals surface area contributed by atoms with Gasteiger partial charge in [0.1, 0.15) is 24.7 Å². The molecule has 0 spiro atoms. The van der Waals surface area contributed by atoms with Gasteiger partial charge in [-0.1, -0.05) is 35.5 Å². The summed E-state index contributed by atoms with van der Waals surface area (Å²) in [6.07, 6.45) is 1.85. The average molecular weight is 413 g/mol. The van der Waals surface area contributed by atoms with E-state index in [2.05, 4.69) is 40.2 Å². The standard InChI is InChI=1S/C25H23N3O3/c1-3-29-15-19-12-22(28-31-19)25-16(2)24-20-11-18(30-14-17-7-5-4-6-8-17)9-10-21(20)27-23(24)13-26-25/h4-13,27H,3,14-15H2,1-2H3. The molecule has 0 aliphatic heterocycles. The summed E-state index contributed by atoms with van der Waals surface area (Å²) in [6.45, 7) is 5.57. The first kappa shape index (κ1) is 19.3. The Hall–Kier alpha value is -3.64. The fraction of sp³-hybridized carbons (Fsp3) is 0.200. The van der Waals surface area contributed by atoms with Crippen molar-refractivity contribution in [2.75, 3.05) is 6.61 Å². The molecule has 0 radical (unpaired) electrons. The maximum atomic E-state index is 6.04. The summed E-state index contributed by atoms with van der Waals surface area (Å²) in [5.74, 6) is 1.52. The van der Waals surface area contributed by atoms with Gasteiger partial charge in [0.05, 0.1) is 17.4 Å². The second-order valence-corrected chi connectivity index (χ2v) is 7.44. The van der Waals surface area contributed by atoms with E-state index in [0.717, 1.165) is 44.4 Å². The topological polar surface area (TPSA) is 73.2 Å². The number of H-pyrrole nitrogens is 1. The van der Waals surface area contributed by atoms with E-state index in [1.807, 2.05) is 49.5 Å². The Morgan fingerprint density at radius 3 is 2.71 bits per heavy atom. The number of benzene rings is 2. The van der Waals surface area contributed by atoms with Crippen LogP contribution in [0.3, 0.4) is 0 Å². The molecule has 3 heterocycles. The largest absolute Gasteiger partial charge is 0.489 e. The number of aromatic amines is 1. The van der Waals surface area contributed by atoms with Gasteiger partial charge in [0.2, 0.25) is 0 Å². The molecule has 156 valence electrons. The van der Waals surface area contributed by atoms with Gasteiger partial charge in [-0.3, -0.25) is 4.98 Å². The number of aromatic nitrogens is 3. The van der Waals surface area contributed by atoms with E-state index < -0.39 is 0 Å². The summed E-state index contributed by atoms with van der Waals surface area (Å²) in [5, 5.41) is 6.41. The minimum Gasteiger partial charge on any atom is -0.489 e. The summed E-state index contributed by atoms with van der Waals surface area (Å²) in [4.78, 5) is 8.09. The monoisotopic (exact) mass is 413 g/mol. The van der Waals surface area contributed by atoms with Crippen LogP contribution in [0.15, 0.2) is 65.3 Å². The molecule has 0 saturated carbocycles. The summed E-state index contributed by atoms with van der Waals surface area (Å²) in [7, 11) is 0. The number of ether oxygens (including phenoxy) is 2. The summed E-state index contributed by atoms with van der Waals surface area (Å²) in [5.41, 5.74) is 5.71. The first-order valence-electron chi connectivity index (χ1n) is 10.3. The third-order valence-corrected chi connectivity index (χ3v) is 5.35. The highest BCUT2D eigenvalue weighted by molar-refractivity contribution is 6.10. The van der Waals surface area contributed by atoms with Crippen LogP contribution in [-0.4, -0.2) is 21.7 Å². The summed E-state index contributed by atoms with van der Waals surface area (Å²) in [6, 6.07) is 18.2. The van der Waals surface area contributed by atoms with Gasteiger partial charge >= 0.3 is 0 Å². The number of fused-ring (bicyclic) bond motifs is 3. The zero-order valence-electron chi connectivity index (χ0n) is 17.5. The van der Waals surface area contributed by atoms with E-state index in [9.17, 15) is 0 Å². The maximum Gasteiger partial charge on any atom is 0.163 e. The van der Waals surface area contributed by atoms with Gasteiger partial charge in [-0.2, -0.15) is 0 Å². The lowest BCUT2D eigenvalue weighted by molar-refractivity contribution is 0.112. The second kappa shape index (κ2) is 8.24. The fourth-order valence-corrected chi connectivity index (χ4v) is 3.82. The van der Waals surface area contributed by atoms with E-state index in [1.54, 1.807) is 0 Å². The van der Waals surface area contributed by atoms with Gasteiger partial charge < -0.3 is 19.0 Å². The predicted molar refractivity (Wildman–Crippen MR) is 120 cm³/mol. The summed E-state index contributed by atoms with van der Waals surface area (Å²) >= 11 is 0. The van der Waals surface area contributed by atoms with E-state index >= 15 is 0 Å². The van der Waals surface area contributed by atoms with Crippen molar-refractivity contribution in [2.24, 2.45) is 0 Å². The SMILES string of the molecule is CCOCc1cc(-c2ncc3[nH]c4ccc(OCc5ccccc5)cc4c3c2C)no1. The molecule has 6 nitrogen and oxygen atoms in total. The molecule has 0 amide bonds. The van der Waals surface area contributed by atoms with Crippen molar-refractivity contribution >= 4 is 21.8 Å². The van der Waals surface area contributed by atoms with Crippen molar-refractivity contribution in [1.82, 2.24) is 15.1 Å². The molecular formula is C25H23N3O3. The number of pyridine rings is 1. The molecule has 2 aromatic carbocycles. The zero-order valence-corrected chi connectivity index (χ0v) is 17.5. The van der Waals surface area contributed by atoms with Crippen LogP contribution in [0.5, 0.6) is 5.75 Å². The number of aryl methyl sites for hydroxylation is 1. The second-order valence-electron chi connectivity index (χ2n) is 7.44. The van der Waals surface area contributed by atoms with E-state index in [-0.39, 0.29) is 0 Å². The van der Waals surface area contributed by atoms with E-state index in [1.165, 1.54) is 0 Å². The van der Waals surface area contributed by atoms with Gasteiger partial charge in [-0.05, 0) is 43.2 Å². The predicted octanol–water partition coefficient (Wildman–Crippen LogP) is 5.80. The molecular weight excluding hydrogens is 390 g/mol. The van der Waals surface area contributed by atoms with Gasteiger partial charge in [0.15, 0.2) is 5.76 Å². The van der Waals surface area contributed by atoms with Crippen LogP contribution >= 0.6 is 0 Å². The van der Waals surface area contributed by atoms with Crippen molar-refractivity contribution in [3.8, 4) is 17.1 Å². The third kappa shape index (κ3) is 3.78. The highest BCUT2D eigenvalue weighted by Crippen LogP contribution is 2.34. The molecule has 6 heteroatoms. The number of rotatable bonds is 7. The summed E-state index contributed by atoms with van der Waals surface area (Å²) < 4.78 is 16.9. The lowest BCUT2D eigenvalue weighted by Crippen LogP contribution is -1.94. The van der Waals surface area contributed by atoms with Gasteiger partial charge in [-0.25, -0.2) is 0 Å². The maximum absolute atomic E-state index is 6.04. The Morgan fingerprint density at radius 2 is 1.87 bits per heavy atom. The highest BCUT2D eigenvalue weighted by Gasteiger charge is 2.16. The normalized spacial score (nSPS) is 11.4.